The standard InChI is InChI=1S/C10H12N2O2.2ClH/c13-10(14)9-5-4-8(12-9)7-3-1-2-6-11-7;;/h1-3,6,8-9,12H,4-5H2,(H,13,14);2*1H/t8-,9+;;/m1../s1. The van der Waals surface area contributed by atoms with E-state index in [1.165, 1.54) is 0 Å². The number of nitrogens with zero attached hydrogens (tertiary/aromatic N) is 1. The van der Waals surface area contributed by atoms with Crippen molar-refractivity contribution in [3.8, 4) is 0 Å². The Labute approximate surface area is 106 Å². The molecule has 0 aromatic carbocycles. The highest BCUT2D eigenvalue weighted by atomic mass is 35.5. The zero-order valence-electron chi connectivity index (χ0n) is 8.50. The fourth-order valence-corrected chi connectivity index (χ4v) is 1.75. The van der Waals surface area contributed by atoms with Gasteiger partial charge in [-0.3, -0.25) is 15.1 Å². The Balaban J connectivity index is 0.00000112. The molecule has 1 aromatic rings. The first-order valence-electron chi connectivity index (χ1n) is 4.67. The van der Waals surface area contributed by atoms with Gasteiger partial charge in [0.15, 0.2) is 0 Å². The van der Waals surface area contributed by atoms with E-state index in [2.05, 4.69) is 10.3 Å². The van der Waals surface area contributed by atoms with E-state index in [4.69, 9.17) is 5.11 Å². The number of hydrogen-bond donors (Lipinski definition) is 2. The Morgan fingerprint density at radius 2 is 2.12 bits per heavy atom. The number of hydrogen-bond acceptors (Lipinski definition) is 3. The number of rotatable bonds is 2. The smallest absolute Gasteiger partial charge is 0.320 e. The van der Waals surface area contributed by atoms with Gasteiger partial charge in [-0.05, 0) is 25.0 Å². The highest BCUT2D eigenvalue weighted by molar-refractivity contribution is 5.85. The van der Waals surface area contributed by atoms with Crippen molar-refractivity contribution >= 4 is 30.8 Å². The van der Waals surface area contributed by atoms with Gasteiger partial charge < -0.3 is 5.11 Å². The molecule has 2 rings (SSSR count). The molecular weight excluding hydrogens is 251 g/mol. The molecule has 1 fully saturated rings. The second-order valence-corrected chi connectivity index (χ2v) is 3.44. The molecule has 0 bridgehead atoms. The number of aromatic nitrogens is 1. The molecular formula is C10H14Cl2N2O2. The van der Waals surface area contributed by atoms with Crippen molar-refractivity contribution in [2.45, 2.75) is 24.9 Å². The van der Waals surface area contributed by atoms with Crippen molar-refractivity contribution in [1.82, 2.24) is 10.3 Å². The topological polar surface area (TPSA) is 62.2 Å². The Morgan fingerprint density at radius 3 is 2.62 bits per heavy atom. The fourth-order valence-electron chi connectivity index (χ4n) is 1.75. The minimum atomic E-state index is -0.775. The SMILES string of the molecule is Cl.Cl.O=C(O)[C@@H]1CC[C@H](c2ccccn2)N1. The molecule has 0 radical (unpaired) electrons. The molecule has 0 aliphatic carbocycles. The van der Waals surface area contributed by atoms with E-state index in [0.717, 1.165) is 12.1 Å². The Hall–Kier alpha value is -0.840. The first kappa shape index (κ1) is 15.2. The maximum absolute atomic E-state index is 10.7. The molecule has 0 spiro atoms. The number of aliphatic carboxylic acids is 1. The molecule has 4 nitrogen and oxygen atoms in total. The molecule has 90 valence electrons. The summed E-state index contributed by atoms with van der Waals surface area (Å²) in [4.78, 5) is 14.9. The van der Waals surface area contributed by atoms with Crippen LogP contribution in [0, 0.1) is 0 Å². The highest BCUT2D eigenvalue weighted by Crippen LogP contribution is 2.24. The number of halogens is 2. The van der Waals surface area contributed by atoms with Crippen LogP contribution in [-0.4, -0.2) is 22.1 Å². The zero-order chi connectivity index (χ0) is 9.97. The zero-order valence-corrected chi connectivity index (χ0v) is 10.1. The summed E-state index contributed by atoms with van der Waals surface area (Å²) in [6.07, 6.45) is 3.25. The van der Waals surface area contributed by atoms with E-state index < -0.39 is 12.0 Å². The largest absolute Gasteiger partial charge is 0.480 e. The van der Waals surface area contributed by atoms with Crippen LogP contribution in [0.1, 0.15) is 24.6 Å². The number of nitrogens with one attached hydrogen (secondary N) is 1. The summed E-state index contributed by atoms with van der Waals surface area (Å²) >= 11 is 0. The number of carboxylic acid groups (broad SMARTS) is 1. The van der Waals surface area contributed by atoms with Crippen LogP contribution in [-0.2, 0) is 4.79 Å². The summed E-state index contributed by atoms with van der Waals surface area (Å²) in [6, 6.07) is 5.37. The highest BCUT2D eigenvalue weighted by Gasteiger charge is 2.29. The fraction of sp³-hybridized carbons (Fsp3) is 0.400. The van der Waals surface area contributed by atoms with Crippen molar-refractivity contribution in [1.29, 1.82) is 0 Å². The molecule has 1 saturated heterocycles. The summed E-state index contributed by atoms with van der Waals surface area (Å²) in [5.74, 6) is -0.775. The second-order valence-electron chi connectivity index (χ2n) is 3.44. The van der Waals surface area contributed by atoms with E-state index in [9.17, 15) is 4.79 Å². The average molecular weight is 265 g/mol. The maximum atomic E-state index is 10.7. The molecule has 16 heavy (non-hydrogen) atoms. The molecule has 1 aromatic heterocycles. The van der Waals surface area contributed by atoms with E-state index in [1.54, 1.807) is 6.20 Å². The third-order valence-electron chi connectivity index (χ3n) is 2.49. The second kappa shape index (κ2) is 6.68. The summed E-state index contributed by atoms with van der Waals surface area (Å²) in [5.41, 5.74) is 0.927. The van der Waals surface area contributed by atoms with Gasteiger partial charge in [0.05, 0.1) is 11.7 Å². The van der Waals surface area contributed by atoms with Crippen LogP contribution < -0.4 is 5.32 Å². The van der Waals surface area contributed by atoms with Crippen molar-refractivity contribution in [3.63, 3.8) is 0 Å². The number of carboxylic acids is 1. The summed E-state index contributed by atoms with van der Waals surface area (Å²) in [6.45, 7) is 0. The van der Waals surface area contributed by atoms with Crippen LogP contribution in [0.3, 0.4) is 0 Å². The van der Waals surface area contributed by atoms with Gasteiger partial charge in [0, 0.05) is 6.20 Å². The lowest BCUT2D eigenvalue weighted by atomic mass is 10.1. The molecule has 6 heteroatoms. The average Bonchev–Trinajstić information content (AvgIpc) is 2.68. The van der Waals surface area contributed by atoms with Crippen molar-refractivity contribution in [2.24, 2.45) is 0 Å². The summed E-state index contributed by atoms with van der Waals surface area (Å²) < 4.78 is 0. The van der Waals surface area contributed by atoms with Gasteiger partial charge in [0.1, 0.15) is 6.04 Å². The van der Waals surface area contributed by atoms with Gasteiger partial charge in [-0.1, -0.05) is 6.07 Å². The van der Waals surface area contributed by atoms with Gasteiger partial charge in [-0.15, -0.1) is 24.8 Å². The first-order valence-corrected chi connectivity index (χ1v) is 4.67. The van der Waals surface area contributed by atoms with E-state index in [1.807, 2.05) is 18.2 Å². The molecule has 0 saturated carbocycles. The lowest BCUT2D eigenvalue weighted by Gasteiger charge is -2.10. The molecule has 2 heterocycles. The quantitative estimate of drug-likeness (QED) is 0.856. The molecule has 1 aliphatic rings. The maximum Gasteiger partial charge on any atom is 0.320 e. The molecule has 1 aliphatic heterocycles. The van der Waals surface area contributed by atoms with Crippen LogP contribution in [0.4, 0.5) is 0 Å². The Bertz CT molecular complexity index is 335. The summed E-state index contributed by atoms with van der Waals surface area (Å²) in [5, 5.41) is 11.8. The van der Waals surface area contributed by atoms with Crippen LogP contribution in [0.15, 0.2) is 24.4 Å². The minimum Gasteiger partial charge on any atom is -0.480 e. The molecule has 2 N–H and O–H groups in total. The van der Waals surface area contributed by atoms with Gasteiger partial charge in [-0.2, -0.15) is 0 Å². The lowest BCUT2D eigenvalue weighted by Crippen LogP contribution is -2.32. The van der Waals surface area contributed by atoms with Crippen LogP contribution in [0.25, 0.3) is 0 Å². The van der Waals surface area contributed by atoms with Gasteiger partial charge in [0.2, 0.25) is 0 Å². The van der Waals surface area contributed by atoms with Gasteiger partial charge in [0.25, 0.3) is 0 Å². The summed E-state index contributed by atoms with van der Waals surface area (Å²) in [7, 11) is 0. The lowest BCUT2D eigenvalue weighted by molar-refractivity contribution is -0.139. The predicted molar refractivity (Wildman–Crippen MR) is 65.3 cm³/mol. The van der Waals surface area contributed by atoms with Gasteiger partial charge >= 0.3 is 5.97 Å². The third-order valence-corrected chi connectivity index (χ3v) is 2.49. The van der Waals surface area contributed by atoms with Crippen LogP contribution in [0.2, 0.25) is 0 Å². The van der Waals surface area contributed by atoms with Crippen LogP contribution in [0.5, 0.6) is 0 Å². The van der Waals surface area contributed by atoms with E-state index in [0.29, 0.717) is 6.42 Å². The van der Waals surface area contributed by atoms with E-state index in [-0.39, 0.29) is 30.9 Å². The molecule has 0 amide bonds. The third kappa shape index (κ3) is 3.33. The molecule has 2 atom stereocenters. The number of pyridine rings is 1. The van der Waals surface area contributed by atoms with Crippen molar-refractivity contribution in [3.05, 3.63) is 30.1 Å². The first-order chi connectivity index (χ1) is 6.77. The Morgan fingerprint density at radius 1 is 1.38 bits per heavy atom. The minimum absolute atomic E-state index is 0. The van der Waals surface area contributed by atoms with Crippen molar-refractivity contribution in [2.75, 3.05) is 0 Å². The molecule has 0 unspecified atom stereocenters. The van der Waals surface area contributed by atoms with Crippen LogP contribution >= 0.6 is 24.8 Å². The normalized spacial score (nSPS) is 23.0. The monoisotopic (exact) mass is 264 g/mol. The Kier molecular flexibility index (Phi) is 6.33. The van der Waals surface area contributed by atoms with Crippen molar-refractivity contribution < 1.29 is 9.90 Å². The van der Waals surface area contributed by atoms with Gasteiger partial charge in [-0.25, -0.2) is 0 Å². The van der Waals surface area contributed by atoms with E-state index >= 15 is 0 Å². The predicted octanol–water partition coefficient (Wildman–Crippen LogP) is 1.80. The number of carbonyl (C=O) groups is 1.